The fraction of sp³-hybridized carbons (Fsp3) is 0.200. The topological polar surface area (TPSA) is 66.4 Å². The van der Waals surface area contributed by atoms with Crippen LogP contribution >= 0.6 is 11.3 Å². The van der Waals surface area contributed by atoms with E-state index in [-0.39, 0.29) is 12.3 Å². The summed E-state index contributed by atoms with van der Waals surface area (Å²) in [6.45, 7) is 1.96. The van der Waals surface area contributed by atoms with Crippen LogP contribution in [0.2, 0.25) is 0 Å². The second-order valence-corrected chi connectivity index (χ2v) is 5.46. The summed E-state index contributed by atoms with van der Waals surface area (Å²) in [7, 11) is 0. The van der Waals surface area contributed by atoms with E-state index in [9.17, 15) is 9.59 Å². The van der Waals surface area contributed by atoms with Crippen molar-refractivity contribution in [2.75, 3.05) is 0 Å². The predicted molar refractivity (Wildman–Crippen MR) is 78.0 cm³/mol. The number of benzene rings is 1. The zero-order valence-corrected chi connectivity index (χ0v) is 11.8. The molecule has 0 aliphatic carbocycles. The fourth-order valence-corrected chi connectivity index (χ4v) is 2.49. The minimum absolute atomic E-state index is 0.139. The number of rotatable bonds is 5. The first-order chi connectivity index (χ1) is 9.56. The van der Waals surface area contributed by atoms with Crippen molar-refractivity contribution in [1.82, 2.24) is 5.32 Å². The van der Waals surface area contributed by atoms with Gasteiger partial charge in [0.15, 0.2) is 0 Å². The second-order valence-electron chi connectivity index (χ2n) is 4.51. The van der Waals surface area contributed by atoms with Crippen LogP contribution in [0.15, 0.2) is 41.8 Å². The van der Waals surface area contributed by atoms with Gasteiger partial charge in [-0.2, -0.15) is 0 Å². The molecule has 0 spiro atoms. The molecule has 20 heavy (non-hydrogen) atoms. The lowest BCUT2D eigenvalue weighted by Crippen LogP contribution is -2.29. The molecule has 0 saturated carbocycles. The maximum Gasteiger partial charge on any atom is 0.305 e. The van der Waals surface area contributed by atoms with Crippen LogP contribution < -0.4 is 5.32 Å². The molecular weight excluding hydrogens is 274 g/mol. The third-order valence-corrected chi connectivity index (χ3v) is 3.78. The lowest BCUT2D eigenvalue weighted by atomic mass is 10.0. The van der Waals surface area contributed by atoms with Gasteiger partial charge >= 0.3 is 5.97 Å². The number of amides is 1. The molecule has 0 aliphatic rings. The average molecular weight is 289 g/mol. The third kappa shape index (κ3) is 3.68. The van der Waals surface area contributed by atoms with E-state index in [0.717, 1.165) is 11.1 Å². The van der Waals surface area contributed by atoms with E-state index in [1.54, 1.807) is 12.1 Å². The first-order valence-corrected chi connectivity index (χ1v) is 7.07. The number of carbonyl (C=O) groups excluding carboxylic acids is 1. The molecule has 0 radical (unpaired) electrons. The van der Waals surface area contributed by atoms with E-state index in [4.69, 9.17) is 5.11 Å². The van der Waals surface area contributed by atoms with Crippen molar-refractivity contribution < 1.29 is 14.7 Å². The molecule has 0 bridgehead atoms. The van der Waals surface area contributed by atoms with Crippen molar-refractivity contribution in [1.29, 1.82) is 0 Å². The molecule has 1 heterocycles. The van der Waals surface area contributed by atoms with E-state index < -0.39 is 12.0 Å². The summed E-state index contributed by atoms with van der Waals surface area (Å²) >= 11 is 1.33. The molecule has 1 aromatic carbocycles. The van der Waals surface area contributed by atoms with Gasteiger partial charge in [-0.1, -0.05) is 35.9 Å². The lowest BCUT2D eigenvalue weighted by molar-refractivity contribution is -0.137. The number of hydrogen-bond acceptors (Lipinski definition) is 3. The van der Waals surface area contributed by atoms with Crippen LogP contribution in [0, 0.1) is 6.92 Å². The van der Waals surface area contributed by atoms with Crippen LogP contribution in [-0.4, -0.2) is 17.0 Å². The monoisotopic (exact) mass is 289 g/mol. The number of hydrogen-bond donors (Lipinski definition) is 2. The molecule has 104 valence electrons. The normalized spacial score (nSPS) is 11.8. The first kappa shape index (κ1) is 14.3. The molecule has 0 fully saturated rings. The third-order valence-electron chi connectivity index (χ3n) is 2.91. The molecule has 2 N–H and O–H groups in total. The van der Waals surface area contributed by atoms with E-state index in [1.807, 2.05) is 36.6 Å². The van der Waals surface area contributed by atoms with Crippen molar-refractivity contribution in [2.45, 2.75) is 19.4 Å². The van der Waals surface area contributed by atoms with Gasteiger partial charge in [-0.25, -0.2) is 0 Å². The van der Waals surface area contributed by atoms with Crippen molar-refractivity contribution in [2.24, 2.45) is 0 Å². The second kappa shape index (κ2) is 6.34. The highest BCUT2D eigenvalue weighted by Crippen LogP contribution is 2.19. The van der Waals surface area contributed by atoms with E-state index >= 15 is 0 Å². The molecular formula is C15H15NO3S. The highest BCUT2D eigenvalue weighted by molar-refractivity contribution is 7.12. The van der Waals surface area contributed by atoms with Gasteiger partial charge in [-0.15, -0.1) is 11.3 Å². The molecule has 5 heteroatoms. The van der Waals surface area contributed by atoms with Gasteiger partial charge in [0.05, 0.1) is 17.3 Å². The molecule has 1 unspecified atom stereocenters. The fourth-order valence-electron chi connectivity index (χ4n) is 1.86. The largest absolute Gasteiger partial charge is 0.481 e. The number of nitrogens with one attached hydrogen (secondary N) is 1. The van der Waals surface area contributed by atoms with Crippen LogP contribution in [0.5, 0.6) is 0 Å². The number of carbonyl (C=O) groups is 2. The number of thiophene rings is 1. The molecule has 4 nitrogen and oxygen atoms in total. The molecule has 1 aromatic heterocycles. The minimum Gasteiger partial charge on any atom is -0.481 e. The van der Waals surface area contributed by atoms with Crippen LogP contribution in [0.25, 0.3) is 0 Å². The van der Waals surface area contributed by atoms with Crippen LogP contribution in [0.3, 0.4) is 0 Å². The summed E-state index contributed by atoms with van der Waals surface area (Å²) in [6, 6.07) is 10.5. The lowest BCUT2D eigenvalue weighted by Gasteiger charge is -2.17. The summed E-state index contributed by atoms with van der Waals surface area (Å²) in [4.78, 5) is 23.6. The molecule has 0 saturated heterocycles. The SMILES string of the molecule is Cc1ccc(C(CC(=O)O)NC(=O)c2cccs2)cc1. The summed E-state index contributed by atoms with van der Waals surface area (Å²) in [5.41, 5.74) is 1.88. The maximum absolute atomic E-state index is 12.0. The van der Waals surface area contributed by atoms with Crippen molar-refractivity contribution in [3.8, 4) is 0 Å². The van der Waals surface area contributed by atoms with E-state index in [1.165, 1.54) is 11.3 Å². The Hall–Kier alpha value is -2.14. The average Bonchev–Trinajstić information content (AvgIpc) is 2.92. The van der Waals surface area contributed by atoms with Gasteiger partial charge in [0, 0.05) is 0 Å². The Morgan fingerprint density at radius 1 is 1.25 bits per heavy atom. The van der Waals surface area contributed by atoms with Gasteiger partial charge in [-0.05, 0) is 23.9 Å². The van der Waals surface area contributed by atoms with Gasteiger partial charge in [0.1, 0.15) is 0 Å². The highest BCUT2D eigenvalue weighted by Gasteiger charge is 2.19. The Kier molecular flexibility index (Phi) is 4.53. The van der Waals surface area contributed by atoms with Gasteiger partial charge in [0.2, 0.25) is 0 Å². The number of carboxylic acids is 1. The van der Waals surface area contributed by atoms with Crippen molar-refractivity contribution >= 4 is 23.2 Å². The molecule has 1 atom stereocenters. The molecule has 0 aliphatic heterocycles. The van der Waals surface area contributed by atoms with Crippen LogP contribution in [0.4, 0.5) is 0 Å². The Morgan fingerprint density at radius 3 is 2.50 bits per heavy atom. The van der Waals surface area contributed by atoms with E-state index in [0.29, 0.717) is 4.88 Å². The number of carboxylic acid groups (broad SMARTS) is 1. The summed E-state index contributed by atoms with van der Waals surface area (Å²) in [5.74, 6) is -1.19. The Bertz CT molecular complexity index is 590. The standard InChI is InChI=1S/C15H15NO3S/c1-10-4-6-11(7-5-10)12(9-14(17)18)16-15(19)13-3-2-8-20-13/h2-8,12H,9H2,1H3,(H,16,19)(H,17,18). The Labute approximate surface area is 121 Å². The van der Waals surface area contributed by atoms with Crippen molar-refractivity contribution in [3.63, 3.8) is 0 Å². The van der Waals surface area contributed by atoms with Crippen LogP contribution in [0.1, 0.15) is 33.3 Å². The number of aryl methyl sites for hydroxylation is 1. The quantitative estimate of drug-likeness (QED) is 0.889. The zero-order chi connectivity index (χ0) is 14.5. The summed E-state index contributed by atoms with van der Waals surface area (Å²) < 4.78 is 0. The maximum atomic E-state index is 12.0. The van der Waals surface area contributed by atoms with E-state index in [2.05, 4.69) is 5.32 Å². The summed E-state index contributed by atoms with van der Waals surface area (Å²) in [6.07, 6.45) is -0.139. The Morgan fingerprint density at radius 2 is 1.95 bits per heavy atom. The minimum atomic E-state index is -0.943. The van der Waals surface area contributed by atoms with Crippen molar-refractivity contribution in [3.05, 3.63) is 57.8 Å². The van der Waals surface area contributed by atoms with Crippen LogP contribution in [-0.2, 0) is 4.79 Å². The van der Waals surface area contributed by atoms with Gasteiger partial charge in [-0.3, -0.25) is 9.59 Å². The zero-order valence-electron chi connectivity index (χ0n) is 11.0. The molecule has 1 amide bonds. The van der Waals surface area contributed by atoms with Gasteiger partial charge < -0.3 is 10.4 Å². The predicted octanol–water partition coefficient (Wildman–Crippen LogP) is 3.00. The Balaban J connectivity index is 2.17. The first-order valence-electron chi connectivity index (χ1n) is 6.19. The van der Waals surface area contributed by atoms with Gasteiger partial charge in [0.25, 0.3) is 5.91 Å². The smallest absolute Gasteiger partial charge is 0.305 e. The highest BCUT2D eigenvalue weighted by atomic mass is 32.1. The molecule has 2 aromatic rings. The summed E-state index contributed by atoms with van der Waals surface area (Å²) in [5, 5.41) is 13.6. The number of aliphatic carboxylic acids is 1. The molecule has 2 rings (SSSR count).